The van der Waals surface area contributed by atoms with Crippen LogP contribution >= 0.6 is 0 Å². The molecule has 2 aliphatic rings. The summed E-state index contributed by atoms with van der Waals surface area (Å²) in [4.78, 5) is 16.2. The van der Waals surface area contributed by atoms with Gasteiger partial charge in [0.2, 0.25) is 5.91 Å². The predicted molar refractivity (Wildman–Crippen MR) is 279 cm³/mol. The van der Waals surface area contributed by atoms with Crippen LogP contribution in [0.25, 0.3) is 10.4 Å². The molecule has 0 radical (unpaired) electrons. The van der Waals surface area contributed by atoms with Crippen molar-refractivity contribution in [2.24, 2.45) is 5.11 Å². The molecule has 16 nitrogen and oxygen atoms in total. The van der Waals surface area contributed by atoms with Crippen LogP contribution in [-0.4, -0.2) is 101 Å². The minimum Gasteiger partial charge on any atom is -0.497 e. The molecule has 1 N–H and O–H groups in total. The van der Waals surface area contributed by atoms with Gasteiger partial charge in [-0.15, -0.1) is 0 Å². The molecule has 2 fully saturated rings. The van der Waals surface area contributed by atoms with Crippen LogP contribution in [0.4, 0.5) is 0 Å². The van der Waals surface area contributed by atoms with Gasteiger partial charge in [-0.2, -0.15) is 0 Å². The Morgan fingerprint density at radius 3 is 1.44 bits per heavy atom. The second-order valence-corrected chi connectivity index (χ2v) is 18.1. The van der Waals surface area contributed by atoms with E-state index in [4.69, 9.17) is 57.6 Å². The van der Waals surface area contributed by atoms with Crippen molar-refractivity contribution in [1.82, 2.24) is 5.32 Å². The Bertz CT molecular complexity index is 2600. The van der Waals surface area contributed by atoms with Crippen molar-refractivity contribution >= 4 is 5.91 Å². The van der Waals surface area contributed by atoms with Crippen molar-refractivity contribution < 1.29 is 56.9 Å². The van der Waals surface area contributed by atoms with Gasteiger partial charge in [-0.25, -0.2) is 0 Å². The first-order chi connectivity index (χ1) is 36.9. The highest BCUT2D eigenvalue weighted by atomic mass is 16.8. The van der Waals surface area contributed by atoms with Gasteiger partial charge in [0.25, 0.3) is 0 Å². The highest BCUT2D eigenvalue weighted by molar-refractivity contribution is 5.73. The molecule has 0 saturated carbocycles. The Morgan fingerprint density at radius 2 is 0.933 bits per heavy atom. The third-order valence-corrected chi connectivity index (χ3v) is 12.7. The van der Waals surface area contributed by atoms with E-state index in [2.05, 4.69) is 15.3 Å². The average Bonchev–Trinajstić information content (AvgIpc) is 3.46. The van der Waals surface area contributed by atoms with E-state index in [1.54, 1.807) is 7.11 Å². The predicted octanol–water partition coefficient (Wildman–Crippen LogP) is 9.44. The van der Waals surface area contributed by atoms with Crippen LogP contribution in [0.15, 0.2) is 181 Å². The fourth-order valence-corrected chi connectivity index (χ4v) is 8.96. The van der Waals surface area contributed by atoms with E-state index in [-0.39, 0.29) is 71.9 Å². The summed E-state index contributed by atoms with van der Waals surface area (Å²) < 4.78 is 74.2. The number of azide groups is 1. The quantitative estimate of drug-likeness (QED) is 0.0213. The molecule has 2 aliphatic heterocycles. The van der Waals surface area contributed by atoms with Gasteiger partial charge >= 0.3 is 0 Å². The molecular weight excluding hydrogens is 957 g/mol. The molecule has 2 heterocycles. The first-order valence-electron chi connectivity index (χ1n) is 25.2. The average molecular weight is 1020 g/mol. The Kier molecular flexibility index (Phi) is 21.6. The lowest BCUT2D eigenvalue weighted by Gasteiger charge is -2.50. The second kappa shape index (κ2) is 29.6. The molecule has 0 spiro atoms. The molecule has 0 unspecified atom stereocenters. The highest BCUT2D eigenvalue weighted by Gasteiger charge is 2.54. The first-order valence-corrected chi connectivity index (χ1v) is 25.2. The Balaban J connectivity index is 1.21. The molecule has 1 amide bonds. The number of amides is 1. The van der Waals surface area contributed by atoms with Crippen LogP contribution < -0.4 is 10.1 Å². The van der Waals surface area contributed by atoms with Crippen molar-refractivity contribution in [3.63, 3.8) is 0 Å². The summed E-state index contributed by atoms with van der Waals surface area (Å²) >= 11 is 0. The van der Waals surface area contributed by atoms with E-state index in [1.165, 1.54) is 6.92 Å². The first kappa shape index (κ1) is 54.8. The summed E-state index contributed by atoms with van der Waals surface area (Å²) in [6.07, 6.45) is -8.54. The zero-order valence-corrected chi connectivity index (χ0v) is 42.3. The number of hydrogen-bond donors (Lipinski definition) is 1. The normalized spacial score (nSPS) is 23.4. The minimum atomic E-state index is -1.22. The number of nitrogens with zero attached hydrogens (tertiary/aromatic N) is 3. The smallest absolute Gasteiger partial charge is 0.217 e. The van der Waals surface area contributed by atoms with Crippen molar-refractivity contribution in [2.75, 3.05) is 33.5 Å². The van der Waals surface area contributed by atoms with Crippen LogP contribution in [0.5, 0.6) is 5.75 Å². The second-order valence-electron chi connectivity index (χ2n) is 18.1. The van der Waals surface area contributed by atoms with Crippen molar-refractivity contribution in [1.29, 1.82) is 0 Å². The van der Waals surface area contributed by atoms with Crippen LogP contribution in [0, 0.1) is 0 Å². The van der Waals surface area contributed by atoms with E-state index in [1.807, 2.05) is 176 Å². The summed E-state index contributed by atoms with van der Waals surface area (Å²) in [7, 11) is 1.62. The van der Waals surface area contributed by atoms with Gasteiger partial charge < -0.3 is 57.4 Å². The number of benzene rings is 6. The largest absolute Gasteiger partial charge is 0.497 e. The number of carbonyl (C=O) groups excluding carboxylic acids is 1. The van der Waals surface area contributed by atoms with Crippen LogP contribution in [0.3, 0.4) is 0 Å². The van der Waals surface area contributed by atoms with Gasteiger partial charge in [0.15, 0.2) is 12.6 Å². The van der Waals surface area contributed by atoms with E-state index < -0.39 is 61.3 Å². The van der Waals surface area contributed by atoms with Gasteiger partial charge in [0.05, 0.1) is 66.6 Å². The molecule has 2 saturated heterocycles. The fraction of sp³-hybridized carbons (Fsp3) is 0.373. The molecule has 10 atom stereocenters. The molecular formula is C59H66N4O12. The lowest BCUT2D eigenvalue weighted by molar-refractivity contribution is -0.366. The third kappa shape index (κ3) is 16.7. The lowest BCUT2D eigenvalue weighted by Crippen LogP contribution is -2.68. The van der Waals surface area contributed by atoms with Gasteiger partial charge in [0.1, 0.15) is 54.5 Å². The summed E-state index contributed by atoms with van der Waals surface area (Å²) in [6, 6.07) is 55.7. The SMILES string of the molecule is COc1ccc(CO[C@@H]2[C@H](OCc3ccccc3)[C@H](O[C@H]3[C@H](OCc4ccccc4)[C@@H](NC(C)=O)[C@H](OCc4ccccc4)O[C@@H]3COCc3ccccc3)O[C@H](COCCN=[N+]=[N-])[C@H]2OCc2ccccc2)cc1. The zero-order valence-electron chi connectivity index (χ0n) is 42.3. The summed E-state index contributed by atoms with van der Waals surface area (Å²) in [5.41, 5.74) is 14.5. The summed E-state index contributed by atoms with van der Waals surface area (Å²) in [5, 5.41) is 6.80. The molecule has 16 heteroatoms. The number of hydrogen-bond acceptors (Lipinski definition) is 13. The molecule has 0 aromatic heterocycles. The molecule has 8 rings (SSSR count). The summed E-state index contributed by atoms with van der Waals surface area (Å²) in [5.74, 6) is 0.375. The van der Waals surface area contributed by atoms with E-state index >= 15 is 0 Å². The standard InChI is InChI=1S/C59H66N4O12/c1-42(64)62-52-55(69-36-45-22-12-5-13-23-45)54(51(41-67-34-43-18-8-3-9-19-43)73-58(52)72-39-47-26-16-7-17-27-47)75-59-57(71-37-46-24-14-6-15-25-46)56(70-38-48-28-30-49(65-2)31-29-48)53(68-35-44-20-10-4-11-21-44)50(74-59)40-66-33-32-61-63-60/h3-31,50-59H,32-41H2,1-2H3,(H,62,64)/t50-,51-,52-,53-,54-,55-,56+,57+,58-,59+/m1/s1. The van der Waals surface area contributed by atoms with Gasteiger partial charge in [0, 0.05) is 18.4 Å². The van der Waals surface area contributed by atoms with Crippen LogP contribution in [0.2, 0.25) is 0 Å². The summed E-state index contributed by atoms with van der Waals surface area (Å²) in [6.45, 7) is 2.78. The van der Waals surface area contributed by atoms with Crippen molar-refractivity contribution in [3.05, 3.63) is 220 Å². The molecule has 6 aromatic carbocycles. The van der Waals surface area contributed by atoms with Gasteiger partial charge in [-0.1, -0.05) is 169 Å². The zero-order chi connectivity index (χ0) is 51.9. The molecule has 394 valence electrons. The number of nitrogens with one attached hydrogen (secondary N) is 1. The number of methoxy groups -OCH3 is 1. The number of carbonyl (C=O) groups is 1. The maximum absolute atomic E-state index is 13.3. The maximum atomic E-state index is 13.3. The molecule has 75 heavy (non-hydrogen) atoms. The van der Waals surface area contributed by atoms with E-state index in [0.29, 0.717) is 5.75 Å². The Hall–Kier alpha value is -6.50. The monoisotopic (exact) mass is 1020 g/mol. The van der Waals surface area contributed by atoms with Crippen LogP contribution in [-0.2, 0) is 91.8 Å². The van der Waals surface area contributed by atoms with E-state index in [9.17, 15) is 4.79 Å². The Morgan fingerprint density at radius 1 is 0.507 bits per heavy atom. The molecule has 0 aliphatic carbocycles. The molecule has 0 bridgehead atoms. The van der Waals surface area contributed by atoms with Crippen LogP contribution in [0.1, 0.15) is 40.3 Å². The molecule has 6 aromatic rings. The van der Waals surface area contributed by atoms with Gasteiger partial charge in [-0.3, -0.25) is 4.79 Å². The highest BCUT2D eigenvalue weighted by Crippen LogP contribution is 2.36. The van der Waals surface area contributed by atoms with Crippen molar-refractivity contribution in [2.45, 2.75) is 108 Å². The Labute approximate surface area is 438 Å². The number of ether oxygens (including phenoxy) is 11. The third-order valence-electron chi connectivity index (χ3n) is 12.7. The topological polar surface area (TPSA) is 179 Å². The van der Waals surface area contributed by atoms with Gasteiger partial charge in [-0.05, 0) is 51.0 Å². The van der Waals surface area contributed by atoms with Crippen molar-refractivity contribution in [3.8, 4) is 5.75 Å². The lowest BCUT2D eigenvalue weighted by atomic mass is 9.94. The number of rotatable bonds is 28. The minimum absolute atomic E-state index is 0.00327. The maximum Gasteiger partial charge on any atom is 0.217 e. The van der Waals surface area contributed by atoms with E-state index in [0.717, 1.165) is 33.4 Å². The fourth-order valence-electron chi connectivity index (χ4n) is 8.96.